The van der Waals surface area contributed by atoms with E-state index in [0.717, 1.165) is 29.7 Å². The first-order chi connectivity index (χ1) is 8.97. The van der Waals surface area contributed by atoms with Gasteiger partial charge in [0.05, 0.1) is 23.9 Å². The van der Waals surface area contributed by atoms with Crippen molar-refractivity contribution in [1.29, 1.82) is 0 Å². The molecule has 1 aromatic heterocycles. The average molecular weight is 282 g/mol. The van der Waals surface area contributed by atoms with Crippen molar-refractivity contribution in [3.63, 3.8) is 0 Å². The molecule has 1 heterocycles. The monoisotopic (exact) mass is 282 g/mol. The van der Waals surface area contributed by atoms with E-state index in [4.69, 9.17) is 18.0 Å². The van der Waals surface area contributed by atoms with E-state index < -0.39 is 0 Å². The molecule has 0 amide bonds. The summed E-state index contributed by atoms with van der Waals surface area (Å²) in [5.74, 6) is 0.642. The smallest absolute Gasteiger partial charge is 0.161 e. The van der Waals surface area contributed by atoms with Crippen LogP contribution in [0.2, 0.25) is 0 Å². The number of anilines is 1. The molecule has 0 aliphatic rings. The maximum Gasteiger partial charge on any atom is 0.161 e. The zero-order valence-corrected chi connectivity index (χ0v) is 12.8. The number of aliphatic hydroxyl groups is 1. The number of thiocarbonyl (C=S) groups is 1. The summed E-state index contributed by atoms with van der Waals surface area (Å²) >= 11 is 5.17. The van der Waals surface area contributed by atoms with Crippen molar-refractivity contribution in [3.8, 4) is 0 Å². The second kappa shape index (κ2) is 6.77. The molecule has 0 aliphatic heterocycles. The van der Waals surface area contributed by atoms with E-state index in [-0.39, 0.29) is 12.6 Å². The fraction of sp³-hybridized carbons (Fsp3) is 0.615. The highest BCUT2D eigenvalue weighted by Gasteiger charge is 2.21. The lowest BCUT2D eigenvalue weighted by Crippen LogP contribution is -2.35. The molecule has 1 aromatic rings. The Morgan fingerprint density at radius 1 is 1.37 bits per heavy atom. The van der Waals surface area contributed by atoms with Crippen LogP contribution in [0.15, 0.2) is 0 Å². The van der Waals surface area contributed by atoms with Crippen LogP contribution in [0, 0.1) is 0 Å². The van der Waals surface area contributed by atoms with Crippen molar-refractivity contribution in [3.05, 3.63) is 16.8 Å². The van der Waals surface area contributed by atoms with E-state index in [1.807, 2.05) is 25.8 Å². The van der Waals surface area contributed by atoms with Crippen LogP contribution in [-0.2, 0) is 12.8 Å². The summed E-state index contributed by atoms with van der Waals surface area (Å²) in [5, 5.41) is 17.8. The SMILES string of the molecule is CCc1nnc(N(C)C(C)CO)c(C(N)=S)c1CC. The van der Waals surface area contributed by atoms with E-state index in [1.165, 1.54) is 0 Å². The number of nitrogens with zero attached hydrogens (tertiary/aromatic N) is 3. The molecule has 6 heteroatoms. The van der Waals surface area contributed by atoms with Crippen molar-refractivity contribution >= 4 is 23.0 Å². The Morgan fingerprint density at radius 3 is 2.42 bits per heavy atom. The van der Waals surface area contributed by atoms with Gasteiger partial charge >= 0.3 is 0 Å². The first-order valence-corrected chi connectivity index (χ1v) is 6.90. The van der Waals surface area contributed by atoms with Gasteiger partial charge in [0, 0.05) is 7.05 Å². The van der Waals surface area contributed by atoms with Gasteiger partial charge in [-0.1, -0.05) is 26.1 Å². The standard InChI is InChI=1S/C13H22N4OS/c1-5-9-10(6-2)15-16-13(11(9)12(14)19)17(4)8(3)7-18/h8,18H,5-7H2,1-4H3,(H2,14,19). The predicted octanol–water partition coefficient (Wildman–Crippen LogP) is 1.05. The maximum atomic E-state index is 9.27. The summed E-state index contributed by atoms with van der Waals surface area (Å²) in [6.07, 6.45) is 1.60. The predicted molar refractivity (Wildman–Crippen MR) is 81.6 cm³/mol. The van der Waals surface area contributed by atoms with Gasteiger partial charge in [0.15, 0.2) is 5.82 Å². The fourth-order valence-electron chi connectivity index (χ4n) is 2.00. The van der Waals surface area contributed by atoms with Crippen molar-refractivity contribution in [2.75, 3.05) is 18.6 Å². The van der Waals surface area contributed by atoms with Crippen LogP contribution in [-0.4, -0.2) is 40.0 Å². The number of aromatic nitrogens is 2. The highest BCUT2D eigenvalue weighted by Crippen LogP contribution is 2.24. The molecule has 0 saturated carbocycles. The molecule has 0 aromatic carbocycles. The number of aryl methyl sites for hydroxylation is 1. The topological polar surface area (TPSA) is 75.3 Å². The number of nitrogens with two attached hydrogens (primary N) is 1. The van der Waals surface area contributed by atoms with E-state index in [1.54, 1.807) is 0 Å². The van der Waals surface area contributed by atoms with Gasteiger partial charge in [0.1, 0.15) is 4.99 Å². The van der Waals surface area contributed by atoms with Gasteiger partial charge in [-0.25, -0.2) is 0 Å². The average Bonchev–Trinajstić information content (AvgIpc) is 2.43. The third kappa shape index (κ3) is 3.19. The van der Waals surface area contributed by atoms with Crippen molar-refractivity contribution in [2.24, 2.45) is 5.73 Å². The minimum Gasteiger partial charge on any atom is -0.394 e. The molecule has 0 fully saturated rings. The molecular formula is C13H22N4OS. The Bertz CT molecular complexity index is 464. The first kappa shape index (κ1) is 15.8. The van der Waals surface area contributed by atoms with Crippen LogP contribution >= 0.6 is 12.2 Å². The largest absolute Gasteiger partial charge is 0.394 e. The van der Waals surface area contributed by atoms with Crippen LogP contribution in [0.25, 0.3) is 0 Å². The van der Waals surface area contributed by atoms with Gasteiger partial charge < -0.3 is 15.7 Å². The number of hydrogen-bond acceptors (Lipinski definition) is 5. The fourth-order valence-corrected chi connectivity index (χ4v) is 2.21. The zero-order valence-electron chi connectivity index (χ0n) is 12.0. The number of hydrogen-bond donors (Lipinski definition) is 2. The zero-order chi connectivity index (χ0) is 14.6. The lowest BCUT2D eigenvalue weighted by atomic mass is 10.0. The molecule has 0 aliphatic carbocycles. The minimum atomic E-state index is -0.0698. The van der Waals surface area contributed by atoms with Crippen LogP contribution in [0.5, 0.6) is 0 Å². The molecule has 0 saturated heterocycles. The van der Waals surface area contributed by atoms with Gasteiger partial charge in [-0.2, -0.15) is 5.10 Å². The van der Waals surface area contributed by atoms with E-state index >= 15 is 0 Å². The van der Waals surface area contributed by atoms with Crippen LogP contribution < -0.4 is 10.6 Å². The highest BCUT2D eigenvalue weighted by atomic mass is 32.1. The van der Waals surface area contributed by atoms with Crippen molar-refractivity contribution in [2.45, 2.75) is 39.7 Å². The van der Waals surface area contributed by atoms with Crippen molar-refractivity contribution in [1.82, 2.24) is 10.2 Å². The number of likely N-dealkylation sites (N-methyl/N-ethyl adjacent to an activating group) is 1. The lowest BCUT2D eigenvalue weighted by Gasteiger charge is -2.27. The normalized spacial score (nSPS) is 12.3. The Morgan fingerprint density at radius 2 is 2.00 bits per heavy atom. The van der Waals surface area contributed by atoms with Crippen LogP contribution in [0.3, 0.4) is 0 Å². The molecular weight excluding hydrogens is 260 g/mol. The molecule has 19 heavy (non-hydrogen) atoms. The molecule has 0 radical (unpaired) electrons. The number of aliphatic hydroxyl groups excluding tert-OH is 1. The minimum absolute atomic E-state index is 0.0337. The Labute approximate surface area is 119 Å². The summed E-state index contributed by atoms with van der Waals surface area (Å²) < 4.78 is 0. The Hall–Kier alpha value is -1.27. The molecule has 5 nitrogen and oxygen atoms in total. The Kier molecular flexibility index (Phi) is 5.62. The molecule has 106 valence electrons. The molecule has 0 spiro atoms. The van der Waals surface area contributed by atoms with E-state index in [0.29, 0.717) is 10.8 Å². The summed E-state index contributed by atoms with van der Waals surface area (Å²) in [4.78, 5) is 2.19. The summed E-state index contributed by atoms with van der Waals surface area (Å²) in [5.41, 5.74) is 8.64. The molecule has 1 unspecified atom stereocenters. The summed E-state index contributed by atoms with van der Waals surface area (Å²) in [6.45, 7) is 6.03. The van der Waals surface area contributed by atoms with Gasteiger partial charge in [0.2, 0.25) is 0 Å². The second-order valence-corrected chi connectivity index (χ2v) is 4.98. The third-order valence-corrected chi connectivity index (χ3v) is 3.54. The van der Waals surface area contributed by atoms with Gasteiger partial charge in [-0.05, 0) is 25.3 Å². The van der Waals surface area contributed by atoms with Gasteiger partial charge in [0.25, 0.3) is 0 Å². The highest BCUT2D eigenvalue weighted by molar-refractivity contribution is 7.80. The van der Waals surface area contributed by atoms with Crippen molar-refractivity contribution < 1.29 is 5.11 Å². The molecule has 1 atom stereocenters. The summed E-state index contributed by atoms with van der Waals surface area (Å²) in [6, 6.07) is -0.0698. The maximum absolute atomic E-state index is 9.27. The Balaban J connectivity index is 3.44. The first-order valence-electron chi connectivity index (χ1n) is 6.49. The van der Waals surface area contributed by atoms with Crippen LogP contribution in [0.1, 0.15) is 37.6 Å². The molecule has 3 N–H and O–H groups in total. The second-order valence-electron chi connectivity index (χ2n) is 4.54. The summed E-state index contributed by atoms with van der Waals surface area (Å²) in [7, 11) is 1.86. The van der Waals surface area contributed by atoms with E-state index in [9.17, 15) is 5.11 Å². The van der Waals surface area contributed by atoms with Crippen LogP contribution in [0.4, 0.5) is 5.82 Å². The van der Waals surface area contributed by atoms with Gasteiger partial charge in [-0.15, -0.1) is 5.10 Å². The lowest BCUT2D eigenvalue weighted by molar-refractivity contribution is 0.269. The third-order valence-electron chi connectivity index (χ3n) is 3.33. The van der Waals surface area contributed by atoms with E-state index in [2.05, 4.69) is 17.1 Å². The molecule has 0 bridgehead atoms. The quantitative estimate of drug-likeness (QED) is 0.760. The van der Waals surface area contributed by atoms with Gasteiger partial charge in [-0.3, -0.25) is 0 Å². The molecule has 1 rings (SSSR count). The number of rotatable bonds is 6.